The van der Waals surface area contributed by atoms with E-state index in [0.717, 1.165) is 6.42 Å². The minimum Gasteiger partial charge on any atom is -0.388 e. The zero-order valence-corrected chi connectivity index (χ0v) is 9.02. The number of hydrogen-bond acceptors (Lipinski definition) is 4. The van der Waals surface area contributed by atoms with Crippen LogP contribution in [0.3, 0.4) is 0 Å². The van der Waals surface area contributed by atoms with Crippen molar-refractivity contribution in [1.29, 1.82) is 0 Å². The summed E-state index contributed by atoms with van der Waals surface area (Å²) in [5.41, 5.74) is -0.930. The molecule has 2 saturated heterocycles. The van der Waals surface area contributed by atoms with Crippen LogP contribution in [0.5, 0.6) is 0 Å². The molecule has 0 spiro atoms. The average molecular weight is 225 g/mol. The first-order valence-electron chi connectivity index (χ1n) is 5.76. The van der Waals surface area contributed by atoms with Gasteiger partial charge in [0, 0.05) is 26.1 Å². The predicted molar refractivity (Wildman–Crippen MR) is 53.3 cm³/mol. The summed E-state index contributed by atoms with van der Waals surface area (Å²) in [5, 5.41) is 10.2. The third-order valence-electron chi connectivity index (χ3n) is 3.83. The predicted octanol–water partition coefficient (Wildman–Crippen LogP) is -0.467. The van der Waals surface area contributed by atoms with Crippen LogP contribution in [0.15, 0.2) is 0 Å². The summed E-state index contributed by atoms with van der Waals surface area (Å²) in [4.78, 5) is 24.7. The topological polar surface area (TPSA) is 66.8 Å². The summed E-state index contributed by atoms with van der Waals surface area (Å²) in [7, 11) is 0. The van der Waals surface area contributed by atoms with Crippen molar-refractivity contribution < 1.29 is 19.4 Å². The molecule has 0 aromatic rings. The SMILES string of the molecule is O=C1C2CC2C(=O)N1CC1(O)CCOCC1. The highest BCUT2D eigenvalue weighted by molar-refractivity contribution is 6.08. The fraction of sp³-hybridized carbons (Fsp3) is 0.818. The highest BCUT2D eigenvalue weighted by Crippen LogP contribution is 2.47. The van der Waals surface area contributed by atoms with Crippen LogP contribution in [0.2, 0.25) is 0 Å². The number of fused-ring (bicyclic) bond motifs is 1. The number of hydrogen-bond donors (Lipinski definition) is 1. The number of carbonyl (C=O) groups excluding carboxylic acids is 2. The van der Waals surface area contributed by atoms with Gasteiger partial charge in [-0.2, -0.15) is 0 Å². The van der Waals surface area contributed by atoms with Crippen LogP contribution < -0.4 is 0 Å². The van der Waals surface area contributed by atoms with Gasteiger partial charge in [0.15, 0.2) is 0 Å². The molecule has 5 heteroatoms. The zero-order valence-electron chi connectivity index (χ0n) is 9.02. The third kappa shape index (κ3) is 1.46. The number of likely N-dealkylation sites (tertiary alicyclic amines) is 1. The lowest BCUT2D eigenvalue weighted by atomic mass is 9.94. The molecule has 0 aromatic heterocycles. The lowest BCUT2D eigenvalue weighted by Crippen LogP contribution is -2.49. The average Bonchev–Trinajstić information content (AvgIpc) is 3.00. The Morgan fingerprint density at radius 1 is 1.25 bits per heavy atom. The Morgan fingerprint density at radius 3 is 2.38 bits per heavy atom. The number of imide groups is 1. The third-order valence-corrected chi connectivity index (χ3v) is 3.83. The van der Waals surface area contributed by atoms with E-state index in [9.17, 15) is 14.7 Å². The maximum atomic E-state index is 11.7. The van der Waals surface area contributed by atoms with E-state index in [-0.39, 0.29) is 30.2 Å². The van der Waals surface area contributed by atoms with E-state index >= 15 is 0 Å². The number of ether oxygens (including phenoxy) is 1. The van der Waals surface area contributed by atoms with E-state index in [2.05, 4.69) is 0 Å². The molecule has 2 heterocycles. The van der Waals surface area contributed by atoms with Crippen molar-refractivity contribution in [1.82, 2.24) is 4.90 Å². The van der Waals surface area contributed by atoms with E-state index in [0.29, 0.717) is 26.1 Å². The molecule has 3 rings (SSSR count). The first-order valence-corrected chi connectivity index (χ1v) is 5.76. The van der Waals surface area contributed by atoms with Gasteiger partial charge < -0.3 is 9.84 Å². The van der Waals surface area contributed by atoms with Gasteiger partial charge in [0.1, 0.15) is 0 Å². The number of carbonyl (C=O) groups is 2. The smallest absolute Gasteiger partial charge is 0.233 e. The normalized spacial score (nSPS) is 36.4. The summed E-state index contributed by atoms with van der Waals surface area (Å²) in [6, 6.07) is 0. The molecule has 3 fully saturated rings. The van der Waals surface area contributed by atoms with E-state index in [4.69, 9.17) is 4.74 Å². The lowest BCUT2D eigenvalue weighted by molar-refractivity contribution is -0.149. The number of aliphatic hydroxyl groups is 1. The zero-order chi connectivity index (χ0) is 11.3. The number of piperidine rings is 1. The highest BCUT2D eigenvalue weighted by atomic mass is 16.5. The Bertz CT molecular complexity index is 328. The second kappa shape index (κ2) is 3.28. The Morgan fingerprint density at radius 2 is 1.81 bits per heavy atom. The molecular formula is C11H15NO4. The van der Waals surface area contributed by atoms with Gasteiger partial charge in [-0.3, -0.25) is 14.5 Å². The van der Waals surface area contributed by atoms with Crippen LogP contribution in [0, 0.1) is 11.8 Å². The molecule has 5 nitrogen and oxygen atoms in total. The van der Waals surface area contributed by atoms with E-state index < -0.39 is 5.60 Å². The summed E-state index contributed by atoms with van der Waals surface area (Å²) < 4.78 is 5.16. The fourth-order valence-electron chi connectivity index (χ4n) is 2.61. The molecule has 2 amide bonds. The minimum atomic E-state index is -0.930. The highest BCUT2D eigenvalue weighted by Gasteiger charge is 2.59. The molecule has 88 valence electrons. The number of nitrogens with zero attached hydrogens (tertiary/aromatic N) is 1. The Hall–Kier alpha value is -0.940. The van der Waals surface area contributed by atoms with Gasteiger partial charge >= 0.3 is 0 Å². The Labute approximate surface area is 93.4 Å². The maximum absolute atomic E-state index is 11.7. The molecule has 1 saturated carbocycles. The molecule has 1 N–H and O–H groups in total. The quantitative estimate of drug-likeness (QED) is 0.645. The largest absolute Gasteiger partial charge is 0.388 e. The second-order valence-corrected chi connectivity index (χ2v) is 5.05. The molecule has 0 bridgehead atoms. The standard InChI is InChI=1S/C11H15NO4/c13-9-7-5-8(7)10(14)12(9)6-11(15)1-3-16-4-2-11/h7-8,15H,1-6H2. The van der Waals surface area contributed by atoms with E-state index in [1.807, 2.05) is 0 Å². The molecule has 16 heavy (non-hydrogen) atoms. The summed E-state index contributed by atoms with van der Waals surface area (Å²) in [5.74, 6) is -0.322. The minimum absolute atomic E-state index is 0.0732. The van der Waals surface area contributed by atoms with Crippen LogP contribution in [0.1, 0.15) is 19.3 Å². The van der Waals surface area contributed by atoms with Gasteiger partial charge in [-0.1, -0.05) is 0 Å². The summed E-state index contributed by atoms with van der Waals surface area (Å²) in [6.07, 6.45) is 1.72. The Balaban J connectivity index is 1.70. The molecule has 2 atom stereocenters. The second-order valence-electron chi connectivity index (χ2n) is 5.05. The van der Waals surface area contributed by atoms with Crippen molar-refractivity contribution >= 4 is 11.8 Å². The number of rotatable bonds is 2. The Kier molecular flexibility index (Phi) is 2.09. The van der Waals surface area contributed by atoms with Crippen LogP contribution in [-0.4, -0.2) is 47.2 Å². The lowest BCUT2D eigenvalue weighted by Gasteiger charge is -2.35. The molecule has 0 aromatic carbocycles. The van der Waals surface area contributed by atoms with Crippen LogP contribution in [-0.2, 0) is 14.3 Å². The molecule has 1 aliphatic carbocycles. The molecule has 2 unspecified atom stereocenters. The maximum Gasteiger partial charge on any atom is 0.233 e. The summed E-state index contributed by atoms with van der Waals surface area (Å²) >= 11 is 0. The van der Waals surface area contributed by atoms with Gasteiger partial charge in [-0.25, -0.2) is 0 Å². The van der Waals surface area contributed by atoms with Crippen LogP contribution in [0.4, 0.5) is 0 Å². The van der Waals surface area contributed by atoms with Crippen molar-refractivity contribution in [2.45, 2.75) is 24.9 Å². The monoisotopic (exact) mass is 225 g/mol. The van der Waals surface area contributed by atoms with Gasteiger partial charge in [-0.05, 0) is 6.42 Å². The van der Waals surface area contributed by atoms with Crippen molar-refractivity contribution in [3.05, 3.63) is 0 Å². The van der Waals surface area contributed by atoms with E-state index in [1.54, 1.807) is 0 Å². The summed E-state index contributed by atoms with van der Waals surface area (Å²) in [6.45, 7) is 1.15. The van der Waals surface area contributed by atoms with Crippen molar-refractivity contribution in [3.8, 4) is 0 Å². The van der Waals surface area contributed by atoms with Gasteiger partial charge in [-0.15, -0.1) is 0 Å². The molecule has 2 aliphatic heterocycles. The number of amides is 2. The van der Waals surface area contributed by atoms with Crippen LogP contribution >= 0.6 is 0 Å². The van der Waals surface area contributed by atoms with Gasteiger partial charge in [0.25, 0.3) is 0 Å². The van der Waals surface area contributed by atoms with Crippen LogP contribution in [0.25, 0.3) is 0 Å². The first kappa shape index (κ1) is 10.2. The van der Waals surface area contributed by atoms with Crippen molar-refractivity contribution in [2.24, 2.45) is 11.8 Å². The number of β-amino-alcohol motifs (C(OH)–C–C–N with tert-alkyl or cyclic N) is 1. The van der Waals surface area contributed by atoms with Crippen molar-refractivity contribution in [3.63, 3.8) is 0 Å². The van der Waals surface area contributed by atoms with Gasteiger partial charge in [0.05, 0.1) is 24.0 Å². The molecule has 3 aliphatic rings. The van der Waals surface area contributed by atoms with E-state index in [1.165, 1.54) is 4.90 Å². The molecular weight excluding hydrogens is 210 g/mol. The van der Waals surface area contributed by atoms with Gasteiger partial charge in [0.2, 0.25) is 11.8 Å². The van der Waals surface area contributed by atoms with Crippen molar-refractivity contribution in [2.75, 3.05) is 19.8 Å². The molecule has 0 radical (unpaired) electrons. The first-order chi connectivity index (χ1) is 7.61. The fourth-order valence-corrected chi connectivity index (χ4v) is 2.61.